The van der Waals surface area contributed by atoms with E-state index in [1.165, 1.54) is 18.4 Å². The van der Waals surface area contributed by atoms with Gasteiger partial charge in [-0.2, -0.15) is 0 Å². The third-order valence-electron chi connectivity index (χ3n) is 4.35. The highest BCUT2D eigenvalue weighted by molar-refractivity contribution is 7.16. The number of ether oxygens (including phenoxy) is 2. The molecule has 1 saturated heterocycles. The fraction of sp³-hybridized carbons (Fsp3) is 0.333. The van der Waals surface area contributed by atoms with Crippen LogP contribution in [-0.4, -0.2) is 52.1 Å². The molecule has 4 rings (SSSR count). The number of fused-ring (bicyclic) bond motifs is 1. The second-order valence-corrected chi connectivity index (χ2v) is 6.93. The zero-order valence-electron chi connectivity index (χ0n) is 14.3. The molecule has 1 atom stereocenters. The van der Waals surface area contributed by atoms with Crippen LogP contribution < -0.4 is 9.47 Å². The van der Waals surface area contributed by atoms with E-state index >= 15 is 0 Å². The van der Waals surface area contributed by atoms with Crippen LogP contribution in [0.4, 0.5) is 0 Å². The lowest BCUT2D eigenvalue weighted by Gasteiger charge is -2.32. The predicted octanol–water partition coefficient (Wildman–Crippen LogP) is 2.78. The summed E-state index contributed by atoms with van der Waals surface area (Å²) in [4.78, 5) is 27.3. The first-order chi connectivity index (χ1) is 12.7. The Morgan fingerprint density at radius 3 is 2.92 bits per heavy atom. The maximum atomic E-state index is 12.9. The molecule has 134 valence electrons. The molecule has 1 fully saturated rings. The molecule has 0 spiro atoms. The van der Waals surface area contributed by atoms with Gasteiger partial charge in [0.25, 0.3) is 17.7 Å². The molecular formula is C18H18N4O3S. The van der Waals surface area contributed by atoms with Gasteiger partial charge in [-0.1, -0.05) is 0 Å². The summed E-state index contributed by atoms with van der Waals surface area (Å²) in [6.45, 7) is 1.23. The topological polar surface area (TPSA) is 77.4 Å². The molecule has 0 bridgehead atoms. The summed E-state index contributed by atoms with van der Waals surface area (Å²) in [5.74, 6) is 0.728. The summed E-state index contributed by atoms with van der Waals surface area (Å²) >= 11 is 1.54. The number of piperidine rings is 1. The van der Waals surface area contributed by atoms with Crippen LogP contribution in [0.5, 0.6) is 11.8 Å². The van der Waals surface area contributed by atoms with Gasteiger partial charge in [-0.25, -0.2) is 15.0 Å². The highest BCUT2D eigenvalue weighted by Crippen LogP contribution is 2.25. The van der Waals surface area contributed by atoms with Crippen LogP contribution in [0.2, 0.25) is 0 Å². The molecular weight excluding hydrogens is 352 g/mol. The van der Waals surface area contributed by atoms with E-state index in [9.17, 15) is 4.79 Å². The van der Waals surface area contributed by atoms with Crippen LogP contribution in [-0.2, 0) is 0 Å². The Hall–Kier alpha value is -2.74. The number of carbonyl (C=O) groups excluding carboxylic acids is 1. The molecule has 1 amide bonds. The Bertz CT molecular complexity index is 929. The monoisotopic (exact) mass is 370 g/mol. The Morgan fingerprint density at radius 1 is 1.23 bits per heavy atom. The maximum absolute atomic E-state index is 12.9. The molecule has 0 radical (unpaired) electrons. The van der Waals surface area contributed by atoms with Gasteiger partial charge in [-0.05, 0) is 31.0 Å². The van der Waals surface area contributed by atoms with Crippen molar-refractivity contribution >= 4 is 27.5 Å². The smallest absolute Gasteiger partial charge is 0.278 e. The van der Waals surface area contributed by atoms with E-state index in [1.54, 1.807) is 17.9 Å². The van der Waals surface area contributed by atoms with Crippen molar-refractivity contribution in [2.24, 2.45) is 0 Å². The van der Waals surface area contributed by atoms with E-state index in [0.29, 0.717) is 23.9 Å². The quantitative estimate of drug-likeness (QED) is 0.703. The third kappa shape index (κ3) is 3.32. The van der Waals surface area contributed by atoms with Gasteiger partial charge in [0.1, 0.15) is 6.10 Å². The van der Waals surface area contributed by atoms with E-state index in [2.05, 4.69) is 15.0 Å². The Balaban J connectivity index is 1.48. The minimum absolute atomic E-state index is 0.0136. The number of nitrogens with zero attached hydrogens (tertiary/aromatic N) is 4. The van der Waals surface area contributed by atoms with Gasteiger partial charge in [0.05, 0.1) is 29.4 Å². The number of amides is 1. The van der Waals surface area contributed by atoms with E-state index in [4.69, 9.17) is 9.47 Å². The van der Waals surface area contributed by atoms with Crippen molar-refractivity contribution in [2.75, 3.05) is 20.2 Å². The lowest BCUT2D eigenvalue weighted by atomic mass is 10.1. The number of aromatic nitrogens is 3. The van der Waals surface area contributed by atoms with Gasteiger partial charge in [-0.15, -0.1) is 11.3 Å². The number of thiazole rings is 1. The largest absolute Gasteiger partial charge is 0.477 e. The second-order valence-electron chi connectivity index (χ2n) is 6.04. The lowest BCUT2D eigenvalue weighted by molar-refractivity contribution is 0.0519. The second kappa shape index (κ2) is 7.25. The fourth-order valence-corrected chi connectivity index (χ4v) is 3.80. The van der Waals surface area contributed by atoms with Crippen LogP contribution in [0.3, 0.4) is 0 Å². The average molecular weight is 370 g/mol. The normalized spacial score (nSPS) is 17.3. The molecule has 7 nitrogen and oxygen atoms in total. The highest BCUT2D eigenvalue weighted by atomic mass is 32.1. The van der Waals surface area contributed by atoms with Gasteiger partial charge < -0.3 is 14.4 Å². The molecule has 1 aliphatic heterocycles. The third-order valence-corrected chi connectivity index (χ3v) is 5.14. The van der Waals surface area contributed by atoms with Crippen LogP contribution in [0.15, 0.2) is 36.1 Å². The van der Waals surface area contributed by atoms with Crippen LogP contribution in [0, 0.1) is 0 Å². The first-order valence-corrected chi connectivity index (χ1v) is 9.27. The fourth-order valence-electron chi connectivity index (χ4n) is 3.08. The summed E-state index contributed by atoms with van der Waals surface area (Å²) in [7, 11) is 1.53. The molecule has 1 aliphatic rings. The SMILES string of the molecule is COc1nccnc1OC1CCCN(C(=O)c2ccc3ncsc3c2)C1. The van der Waals surface area contributed by atoms with Crippen LogP contribution in [0.25, 0.3) is 10.2 Å². The molecule has 3 heterocycles. The molecule has 26 heavy (non-hydrogen) atoms. The number of rotatable bonds is 4. The maximum Gasteiger partial charge on any atom is 0.278 e. The first-order valence-electron chi connectivity index (χ1n) is 8.39. The minimum atomic E-state index is -0.134. The number of carbonyl (C=O) groups is 1. The summed E-state index contributed by atoms with van der Waals surface area (Å²) in [6, 6.07) is 5.63. The van der Waals surface area contributed by atoms with Gasteiger partial charge in [-0.3, -0.25) is 4.79 Å². The van der Waals surface area contributed by atoms with E-state index in [-0.39, 0.29) is 12.0 Å². The van der Waals surface area contributed by atoms with Crippen molar-refractivity contribution in [3.63, 3.8) is 0 Å². The zero-order valence-corrected chi connectivity index (χ0v) is 15.1. The number of likely N-dealkylation sites (tertiary alicyclic amines) is 1. The molecule has 1 aromatic carbocycles. The summed E-state index contributed by atoms with van der Waals surface area (Å²) in [5, 5.41) is 0. The van der Waals surface area contributed by atoms with Gasteiger partial charge in [0.2, 0.25) is 0 Å². The average Bonchev–Trinajstić information content (AvgIpc) is 3.16. The van der Waals surface area contributed by atoms with Crippen molar-refractivity contribution in [1.29, 1.82) is 0 Å². The molecule has 0 aliphatic carbocycles. The van der Waals surface area contributed by atoms with Crippen molar-refractivity contribution in [3.05, 3.63) is 41.7 Å². The van der Waals surface area contributed by atoms with Gasteiger partial charge >= 0.3 is 0 Å². The Kier molecular flexibility index (Phi) is 4.66. The molecule has 2 aromatic heterocycles. The standard InChI is InChI=1S/C18H18N4O3S/c1-24-16-17(20-7-6-19-16)25-13-3-2-8-22(10-13)18(23)12-4-5-14-15(9-12)26-11-21-14/h4-7,9,11,13H,2-3,8,10H2,1H3. The zero-order chi connectivity index (χ0) is 17.9. The highest BCUT2D eigenvalue weighted by Gasteiger charge is 2.27. The van der Waals surface area contributed by atoms with E-state index in [1.807, 2.05) is 23.1 Å². The summed E-state index contributed by atoms with van der Waals surface area (Å²) in [6.07, 6.45) is 4.72. The molecule has 0 saturated carbocycles. The molecule has 0 N–H and O–H groups in total. The van der Waals surface area contributed by atoms with Crippen molar-refractivity contribution < 1.29 is 14.3 Å². The number of hydrogen-bond acceptors (Lipinski definition) is 7. The van der Waals surface area contributed by atoms with Crippen LogP contribution >= 0.6 is 11.3 Å². The van der Waals surface area contributed by atoms with Crippen molar-refractivity contribution in [1.82, 2.24) is 19.9 Å². The number of hydrogen-bond donors (Lipinski definition) is 0. The van der Waals surface area contributed by atoms with Crippen LogP contribution in [0.1, 0.15) is 23.2 Å². The molecule has 3 aromatic rings. The van der Waals surface area contributed by atoms with Gasteiger partial charge in [0.15, 0.2) is 0 Å². The summed E-state index contributed by atoms with van der Waals surface area (Å²) in [5.41, 5.74) is 3.39. The predicted molar refractivity (Wildman–Crippen MR) is 97.8 cm³/mol. The number of methoxy groups -OCH3 is 1. The molecule has 8 heteroatoms. The Labute approximate surface area is 154 Å². The first kappa shape index (κ1) is 16.7. The Morgan fingerprint density at radius 2 is 2.08 bits per heavy atom. The minimum Gasteiger partial charge on any atom is -0.477 e. The number of benzene rings is 1. The van der Waals surface area contributed by atoms with E-state index in [0.717, 1.165) is 29.6 Å². The van der Waals surface area contributed by atoms with Crippen molar-refractivity contribution in [2.45, 2.75) is 18.9 Å². The molecule has 1 unspecified atom stereocenters. The summed E-state index contributed by atoms with van der Waals surface area (Å²) < 4.78 is 12.1. The van der Waals surface area contributed by atoms with E-state index < -0.39 is 0 Å². The van der Waals surface area contributed by atoms with Crippen molar-refractivity contribution in [3.8, 4) is 11.8 Å². The lowest BCUT2D eigenvalue weighted by Crippen LogP contribution is -2.44. The van der Waals surface area contributed by atoms with Gasteiger partial charge in [0, 0.05) is 24.5 Å².